The lowest BCUT2D eigenvalue weighted by Gasteiger charge is -2.20. The molecule has 0 saturated carbocycles. The van der Waals surface area contributed by atoms with Gasteiger partial charge >= 0.3 is 19.8 Å². The van der Waals surface area contributed by atoms with Crippen molar-refractivity contribution in [3.8, 4) is 0 Å². The summed E-state index contributed by atoms with van der Waals surface area (Å²) < 4.78 is 33.6. The molecule has 0 aliphatic carbocycles. The number of carbonyl (C=O) groups excluding carboxylic acids is 2. The van der Waals surface area contributed by atoms with Gasteiger partial charge in [0.1, 0.15) is 6.61 Å². The van der Waals surface area contributed by atoms with Gasteiger partial charge in [-0.2, -0.15) is 0 Å². The number of ether oxygens (including phenoxy) is 2. The normalized spacial score (nSPS) is 13.4. The molecule has 10 heteroatoms. The van der Waals surface area contributed by atoms with E-state index in [0.29, 0.717) is 13.0 Å². The first-order valence-electron chi connectivity index (χ1n) is 25.6. The van der Waals surface area contributed by atoms with Crippen molar-refractivity contribution in [3.63, 3.8) is 0 Å². The topological polar surface area (TPSA) is 112 Å². The number of hydrogen-bond acceptors (Lipinski definition) is 8. The highest BCUT2D eigenvalue weighted by Crippen LogP contribution is 2.43. The molecular weight excluding hydrogens is 786 g/mol. The predicted molar refractivity (Wildman–Crippen MR) is 257 cm³/mol. The minimum atomic E-state index is -4.37. The van der Waals surface area contributed by atoms with Crippen molar-refractivity contribution in [2.24, 2.45) is 0 Å². The van der Waals surface area contributed by atoms with Crippen LogP contribution in [0.25, 0.3) is 0 Å². The third kappa shape index (κ3) is 47.8. The Balaban J connectivity index is 4.15. The van der Waals surface area contributed by atoms with E-state index < -0.39 is 26.5 Å². The zero-order chi connectivity index (χ0) is 44.8. The molecule has 61 heavy (non-hydrogen) atoms. The van der Waals surface area contributed by atoms with Crippen molar-refractivity contribution in [2.75, 3.05) is 40.5 Å². The summed E-state index contributed by atoms with van der Waals surface area (Å²) in [6.45, 7) is 4.34. The van der Waals surface area contributed by atoms with Crippen molar-refractivity contribution >= 4 is 19.8 Å². The molecule has 2 unspecified atom stereocenters. The minimum Gasteiger partial charge on any atom is -0.462 e. The number of esters is 2. The Morgan fingerprint density at radius 3 is 1.33 bits per heavy atom. The maximum absolute atomic E-state index is 12.7. The van der Waals surface area contributed by atoms with Crippen LogP contribution in [0.2, 0.25) is 0 Å². The highest BCUT2D eigenvalue weighted by atomic mass is 31.2. The molecule has 0 aromatic carbocycles. The second-order valence-corrected chi connectivity index (χ2v) is 19.2. The predicted octanol–water partition coefficient (Wildman–Crippen LogP) is 15.3. The molecule has 360 valence electrons. The highest BCUT2D eigenvalue weighted by Gasteiger charge is 2.26. The Kier molecular flexibility index (Phi) is 45.3. The second kappa shape index (κ2) is 46.5. The van der Waals surface area contributed by atoms with E-state index in [0.717, 1.165) is 51.4 Å². The fourth-order valence-electron chi connectivity index (χ4n) is 7.31. The molecule has 0 bridgehead atoms. The molecule has 0 saturated heterocycles. The van der Waals surface area contributed by atoms with Crippen molar-refractivity contribution in [2.45, 2.75) is 251 Å². The quantitative estimate of drug-likeness (QED) is 0.0276. The Morgan fingerprint density at radius 2 is 0.885 bits per heavy atom. The lowest BCUT2D eigenvalue weighted by molar-refractivity contribution is -0.161. The molecule has 1 N–H and O–H groups in total. The van der Waals surface area contributed by atoms with E-state index in [1.165, 1.54) is 161 Å². The zero-order valence-corrected chi connectivity index (χ0v) is 41.3. The largest absolute Gasteiger partial charge is 0.472 e. The van der Waals surface area contributed by atoms with Crippen LogP contribution < -0.4 is 0 Å². The van der Waals surface area contributed by atoms with Crippen LogP contribution in [0.1, 0.15) is 245 Å². The number of unbranched alkanes of at least 4 members (excludes halogenated alkanes) is 30. The van der Waals surface area contributed by atoms with E-state index in [9.17, 15) is 19.0 Å². The van der Waals surface area contributed by atoms with E-state index in [1.54, 1.807) is 0 Å². The molecule has 0 rings (SSSR count). The van der Waals surface area contributed by atoms with Crippen molar-refractivity contribution in [3.05, 3.63) is 24.3 Å². The van der Waals surface area contributed by atoms with E-state index >= 15 is 0 Å². The number of phosphoric ester groups is 1. The maximum Gasteiger partial charge on any atom is 0.472 e. The first-order chi connectivity index (χ1) is 29.7. The van der Waals surface area contributed by atoms with Crippen molar-refractivity contribution < 1.29 is 37.6 Å². The van der Waals surface area contributed by atoms with Crippen LogP contribution >= 0.6 is 7.82 Å². The van der Waals surface area contributed by atoms with Gasteiger partial charge in [-0.1, -0.05) is 212 Å². The maximum atomic E-state index is 12.7. The summed E-state index contributed by atoms with van der Waals surface area (Å²) in [6.07, 6.45) is 50.8. The average molecular weight is 884 g/mol. The Hall–Kier alpha value is -1.51. The lowest BCUT2D eigenvalue weighted by atomic mass is 10.0. The standard InChI is InChI=1S/C51H98NO8P/c1-5-7-9-11-13-15-17-19-21-23-24-25-26-28-30-32-34-36-38-40-42-44-51(54)60-49(48-59-61(55,56)58-46-45-52(3)4)47-57-50(53)43-41-39-37-35-33-31-29-27-22-20-18-16-14-12-10-8-6-2/h14,16,20,22,49H,5-13,15,17-19,21,23-48H2,1-4H3,(H,55,56)/b16-14-,22-20-. The number of likely N-dealkylation sites (N-methyl/N-ethyl adjacent to an activating group) is 1. The minimum absolute atomic E-state index is 0.00833. The molecule has 2 atom stereocenters. The van der Waals surface area contributed by atoms with Gasteiger partial charge in [0.25, 0.3) is 0 Å². The summed E-state index contributed by atoms with van der Waals surface area (Å²) in [5, 5.41) is 0. The highest BCUT2D eigenvalue weighted by molar-refractivity contribution is 7.47. The molecule has 0 aromatic rings. The van der Waals surface area contributed by atoms with E-state index in [-0.39, 0.29) is 32.0 Å². The summed E-state index contributed by atoms with van der Waals surface area (Å²) in [4.78, 5) is 37.2. The fraction of sp³-hybridized carbons (Fsp3) is 0.882. The van der Waals surface area contributed by atoms with Crippen LogP contribution in [0.15, 0.2) is 24.3 Å². The van der Waals surface area contributed by atoms with Gasteiger partial charge in [-0.15, -0.1) is 0 Å². The summed E-state index contributed by atoms with van der Waals surface area (Å²) >= 11 is 0. The van der Waals surface area contributed by atoms with Crippen LogP contribution in [0, 0.1) is 0 Å². The van der Waals surface area contributed by atoms with Gasteiger partial charge in [-0.3, -0.25) is 18.6 Å². The van der Waals surface area contributed by atoms with E-state index in [1.807, 2.05) is 19.0 Å². The number of phosphoric acid groups is 1. The molecule has 0 fully saturated rings. The summed E-state index contributed by atoms with van der Waals surface area (Å²) in [6, 6.07) is 0. The van der Waals surface area contributed by atoms with E-state index in [2.05, 4.69) is 38.2 Å². The third-order valence-corrected chi connectivity index (χ3v) is 12.2. The van der Waals surface area contributed by atoms with Gasteiger partial charge in [0.05, 0.1) is 13.2 Å². The molecule has 0 amide bonds. The number of hydrogen-bond donors (Lipinski definition) is 1. The lowest BCUT2D eigenvalue weighted by Crippen LogP contribution is -2.29. The summed E-state index contributed by atoms with van der Waals surface area (Å²) in [5.41, 5.74) is 0. The van der Waals surface area contributed by atoms with E-state index in [4.69, 9.17) is 18.5 Å². The number of carbonyl (C=O) groups is 2. The summed E-state index contributed by atoms with van der Waals surface area (Å²) in [5.74, 6) is -0.799. The second-order valence-electron chi connectivity index (χ2n) is 17.7. The SMILES string of the molecule is CCCCC/C=C\C/C=C\CCCCCCCCCC(=O)OCC(COP(=O)(O)OCCN(C)C)OC(=O)CCCCCCCCCCCCCCCCCCCCCCC. The first-order valence-corrected chi connectivity index (χ1v) is 27.1. The van der Waals surface area contributed by atoms with Crippen molar-refractivity contribution in [1.82, 2.24) is 4.90 Å². The molecule has 0 aromatic heterocycles. The fourth-order valence-corrected chi connectivity index (χ4v) is 8.05. The van der Waals surface area contributed by atoms with Crippen LogP contribution in [0.5, 0.6) is 0 Å². The third-order valence-electron chi connectivity index (χ3n) is 11.3. The van der Waals surface area contributed by atoms with Crippen LogP contribution in [0.3, 0.4) is 0 Å². The van der Waals surface area contributed by atoms with Gasteiger partial charge in [-0.25, -0.2) is 4.57 Å². The van der Waals surface area contributed by atoms with Crippen LogP contribution in [-0.4, -0.2) is 68.3 Å². The monoisotopic (exact) mass is 884 g/mol. The molecule has 9 nitrogen and oxygen atoms in total. The number of rotatable bonds is 48. The Labute approximate surface area is 376 Å². The summed E-state index contributed by atoms with van der Waals surface area (Å²) in [7, 11) is -0.708. The first kappa shape index (κ1) is 59.5. The number of nitrogens with zero attached hydrogens (tertiary/aromatic N) is 1. The van der Waals surface area contributed by atoms with Crippen molar-refractivity contribution in [1.29, 1.82) is 0 Å². The van der Waals surface area contributed by atoms with Gasteiger partial charge in [0.15, 0.2) is 6.10 Å². The smallest absolute Gasteiger partial charge is 0.462 e. The molecule has 0 spiro atoms. The van der Waals surface area contributed by atoms with Crippen LogP contribution in [0.4, 0.5) is 0 Å². The molecule has 0 radical (unpaired) electrons. The van der Waals surface area contributed by atoms with Gasteiger partial charge in [0.2, 0.25) is 0 Å². The average Bonchev–Trinajstić information content (AvgIpc) is 3.23. The Bertz CT molecular complexity index is 1070. The van der Waals surface area contributed by atoms with Gasteiger partial charge in [-0.05, 0) is 59.0 Å². The molecule has 0 heterocycles. The zero-order valence-electron chi connectivity index (χ0n) is 40.4. The van der Waals surface area contributed by atoms with Crippen LogP contribution in [-0.2, 0) is 32.7 Å². The van der Waals surface area contributed by atoms with Gasteiger partial charge in [0, 0.05) is 19.4 Å². The molecule has 0 aliphatic heterocycles. The molecule has 0 aliphatic rings. The molecular formula is C51H98NO8P. The Morgan fingerprint density at radius 1 is 0.508 bits per heavy atom. The number of allylic oxidation sites excluding steroid dienone is 4. The van der Waals surface area contributed by atoms with Gasteiger partial charge < -0.3 is 19.3 Å².